The zero-order chi connectivity index (χ0) is 24.5. The number of nitrogens with one attached hydrogen (secondary N) is 1. The molecule has 6 nitrogen and oxygen atoms in total. The first kappa shape index (κ1) is 22.6. The molecule has 35 heavy (non-hydrogen) atoms. The summed E-state index contributed by atoms with van der Waals surface area (Å²) >= 11 is 0. The number of carbonyl (C=O) groups excluding carboxylic acids is 1. The van der Waals surface area contributed by atoms with Gasteiger partial charge in [0.2, 0.25) is 12.7 Å². The van der Waals surface area contributed by atoms with Crippen molar-refractivity contribution in [1.82, 2.24) is 0 Å². The molecule has 0 radical (unpaired) electrons. The number of ether oxygens (including phenoxy) is 3. The number of carbonyl (C=O) groups is 1. The summed E-state index contributed by atoms with van der Waals surface area (Å²) in [5.41, 5.74) is 7.24. The first-order chi connectivity index (χ1) is 16.9. The van der Waals surface area contributed by atoms with Gasteiger partial charge >= 0.3 is 0 Å². The van der Waals surface area contributed by atoms with E-state index in [2.05, 4.69) is 36.5 Å². The molecule has 1 aliphatic heterocycles. The number of aryl methyl sites for hydroxylation is 2. The lowest BCUT2D eigenvalue weighted by Crippen LogP contribution is -2.09. The second-order valence-electron chi connectivity index (χ2n) is 8.59. The number of benzene rings is 3. The van der Waals surface area contributed by atoms with E-state index in [0.29, 0.717) is 23.8 Å². The van der Waals surface area contributed by atoms with Gasteiger partial charge in [0.05, 0.1) is 12.9 Å². The molecule has 0 fully saturated rings. The largest absolute Gasteiger partial charge is 0.493 e. The predicted octanol–water partition coefficient (Wildman–Crippen LogP) is 6.89. The lowest BCUT2D eigenvalue weighted by molar-refractivity contribution is -0.111. The first-order valence-corrected chi connectivity index (χ1v) is 11.6. The number of fused-ring (bicyclic) bond motifs is 2. The molecule has 4 aromatic rings. The van der Waals surface area contributed by atoms with Crippen molar-refractivity contribution in [3.63, 3.8) is 0 Å². The summed E-state index contributed by atoms with van der Waals surface area (Å²) in [4.78, 5) is 12.9. The summed E-state index contributed by atoms with van der Waals surface area (Å²) in [6.07, 6.45) is 3.37. The Kier molecular flexibility index (Phi) is 5.95. The molecule has 0 spiro atoms. The summed E-state index contributed by atoms with van der Waals surface area (Å²) in [5, 5.41) is 3.88. The van der Waals surface area contributed by atoms with Crippen LogP contribution >= 0.6 is 0 Å². The van der Waals surface area contributed by atoms with E-state index in [4.69, 9.17) is 18.6 Å². The van der Waals surface area contributed by atoms with Gasteiger partial charge in [-0.2, -0.15) is 0 Å². The third kappa shape index (κ3) is 4.35. The Morgan fingerprint density at radius 3 is 2.60 bits per heavy atom. The van der Waals surface area contributed by atoms with Crippen LogP contribution in [0.2, 0.25) is 0 Å². The Morgan fingerprint density at radius 2 is 1.83 bits per heavy atom. The van der Waals surface area contributed by atoms with Crippen molar-refractivity contribution in [3.05, 3.63) is 77.6 Å². The molecule has 0 saturated carbocycles. The molecule has 1 N–H and O–H groups in total. The number of anilines is 1. The van der Waals surface area contributed by atoms with Crippen molar-refractivity contribution in [2.45, 2.75) is 27.7 Å². The molecule has 0 aliphatic carbocycles. The number of rotatable bonds is 6. The Hall–Kier alpha value is -4.19. The third-order valence-corrected chi connectivity index (χ3v) is 6.11. The highest BCUT2D eigenvalue weighted by atomic mass is 16.7. The summed E-state index contributed by atoms with van der Waals surface area (Å²) in [6.45, 7) is 8.59. The molecule has 2 heterocycles. The molecule has 1 aromatic heterocycles. The molecule has 0 bridgehead atoms. The highest BCUT2D eigenvalue weighted by Gasteiger charge is 2.19. The van der Waals surface area contributed by atoms with Crippen LogP contribution in [0.4, 0.5) is 5.69 Å². The second kappa shape index (κ2) is 9.22. The molecule has 0 atom stereocenters. The van der Waals surface area contributed by atoms with Crippen LogP contribution in [-0.4, -0.2) is 19.3 Å². The van der Waals surface area contributed by atoms with Crippen LogP contribution in [0.15, 0.2) is 65.3 Å². The fourth-order valence-corrected chi connectivity index (χ4v) is 4.32. The highest BCUT2D eigenvalue weighted by molar-refractivity contribution is 6.06. The smallest absolute Gasteiger partial charge is 0.248 e. The van der Waals surface area contributed by atoms with Crippen LogP contribution in [0.3, 0.4) is 0 Å². The van der Waals surface area contributed by atoms with Crippen LogP contribution in [0.25, 0.3) is 27.7 Å². The highest BCUT2D eigenvalue weighted by Crippen LogP contribution is 2.41. The van der Waals surface area contributed by atoms with Gasteiger partial charge in [0.25, 0.3) is 0 Å². The standard InChI is InChI=1S/C29H27NO5/c1-5-32-28-19(4)29-23(24(15-33-29)20-8-6-17(2)7-9-20)14-22(28)18(3)12-27(31)30-21-10-11-25-26(13-21)35-16-34-25/h6-15H,5,16H2,1-4H3,(H,30,31)/b18-12+. The van der Waals surface area contributed by atoms with E-state index < -0.39 is 0 Å². The lowest BCUT2D eigenvalue weighted by Gasteiger charge is -2.15. The van der Waals surface area contributed by atoms with Crippen molar-refractivity contribution in [2.24, 2.45) is 0 Å². The van der Waals surface area contributed by atoms with Gasteiger partial charge in [0, 0.05) is 39.9 Å². The average molecular weight is 470 g/mol. The van der Waals surface area contributed by atoms with Crippen LogP contribution in [0.1, 0.15) is 30.5 Å². The van der Waals surface area contributed by atoms with E-state index in [1.807, 2.05) is 26.8 Å². The number of hydrogen-bond acceptors (Lipinski definition) is 5. The van der Waals surface area contributed by atoms with Gasteiger partial charge in [0.1, 0.15) is 11.3 Å². The molecular weight excluding hydrogens is 442 g/mol. The van der Waals surface area contributed by atoms with Crippen molar-refractivity contribution >= 4 is 28.1 Å². The molecule has 178 valence electrons. The number of furan rings is 1. The predicted molar refractivity (Wildman–Crippen MR) is 137 cm³/mol. The van der Waals surface area contributed by atoms with Gasteiger partial charge in [-0.15, -0.1) is 0 Å². The number of hydrogen-bond donors (Lipinski definition) is 1. The summed E-state index contributed by atoms with van der Waals surface area (Å²) < 4.78 is 22.7. The van der Waals surface area contributed by atoms with Gasteiger partial charge in [0.15, 0.2) is 11.5 Å². The zero-order valence-electron chi connectivity index (χ0n) is 20.2. The molecule has 5 rings (SSSR count). The van der Waals surface area contributed by atoms with E-state index >= 15 is 0 Å². The minimum Gasteiger partial charge on any atom is -0.493 e. The third-order valence-electron chi connectivity index (χ3n) is 6.11. The maximum Gasteiger partial charge on any atom is 0.248 e. The van der Waals surface area contributed by atoms with Gasteiger partial charge in [-0.3, -0.25) is 4.79 Å². The Bertz CT molecular complexity index is 1450. The molecule has 0 saturated heterocycles. The second-order valence-corrected chi connectivity index (χ2v) is 8.59. The molecule has 0 unspecified atom stereocenters. The molecule has 6 heteroatoms. The van der Waals surface area contributed by atoms with E-state index in [1.165, 1.54) is 5.56 Å². The number of allylic oxidation sites excluding steroid dienone is 1. The van der Waals surface area contributed by atoms with Gasteiger partial charge in [-0.25, -0.2) is 0 Å². The average Bonchev–Trinajstić information content (AvgIpc) is 3.48. The Morgan fingerprint density at radius 1 is 1.06 bits per heavy atom. The van der Waals surface area contributed by atoms with E-state index in [9.17, 15) is 4.79 Å². The van der Waals surface area contributed by atoms with E-state index in [-0.39, 0.29) is 12.7 Å². The molecule has 1 amide bonds. The van der Waals surface area contributed by atoms with Crippen molar-refractivity contribution in [1.29, 1.82) is 0 Å². The fourth-order valence-electron chi connectivity index (χ4n) is 4.32. The maximum absolute atomic E-state index is 12.9. The minimum absolute atomic E-state index is 0.187. The zero-order valence-corrected chi connectivity index (χ0v) is 20.2. The van der Waals surface area contributed by atoms with Crippen molar-refractivity contribution in [3.8, 4) is 28.4 Å². The topological polar surface area (TPSA) is 69.9 Å². The summed E-state index contributed by atoms with van der Waals surface area (Å²) in [6, 6.07) is 15.7. The SMILES string of the molecule is CCOc1c(/C(C)=C/C(=O)Nc2ccc3c(c2)OCO3)cc2c(-c3ccc(C)cc3)coc2c1C. The molecular formula is C29H27NO5. The van der Waals surface area contributed by atoms with Gasteiger partial charge in [-0.05, 0) is 57.0 Å². The molecule has 3 aromatic carbocycles. The van der Waals surface area contributed by atoms with Crippen LogP contribution < -0.4 is 19.5 Å². The normalized spacial score (nSPS) is 12.7. The quantitative estimate of drug-likeness (QED) is 0.312. The van der Waals surface area contributed by atoms with Crippen LogP contribution in [0.5, 0.6) is 17.2 Å². The Labute approximate surface area is 204 Å². The molecule has 1 aliphatic rings. The van der Waals surface area contributed by atoms with E-state index in [1.54, 1.807) is 30.5 Å². The van der Waals surface area contributed by atoms with Crippen LogP contribution in [-0.2, 0) is 4.79 Å². The minimum atomic E-state index is -0.243. The Balaban J connectivity index is 1.52. The van der Waals surface area contributed by atoms with Crippen molar-refractivity contribution in [2.75, 3.05) is 18.7 Å². The first-order valence-electron chi connectivity index (χ1n) is 11.6. The van der Waals surface area contributed by atoms with Crippen LogP contribution in [0, 0.1) is 13.8 Å². The number of amides is 1. The van der Waals surface area contributed by atoms with Gasteiger partial charge < -0.3 is 23.9 Å². The fraction of sp³-hybridized carbons (Fsp3) is 0.207. The lowest BCUT2D eigenvalue weighted by atomic mass is 9.96. The van der Waals surface area contributed by atoms with Crippen molar-refractivity contribution < 1.29 is 23.4 Å². The maximum atomic E-state index is 12.9. The van der Waals surface area contributed by atoms with E-state index in [0.717, 1.165) is 44.5 Å². The van der Waals surface area contributed by atoms with Gasteiger partial charge in [-0.1, -0.05) is 29.8 Å². The monoisotopic (exact) mass is 469 g/mol. The summed E-state index contributed by atoms with van der Waals surface area (Å²) in [7, 11) is 0. The summed E-state index contributed by atoms with van der Waals surface area (Å²) in [5.74, 6) is 1.76.